The summed E-state index contributed by atoms with van der Waals surface area (Å²) in [5, 5.41) is 0. The second-order valence-corrected chi connectivity index (χ2v) is 8.52. The minimum absolute atomic E-state index is 0.211. The van der Waals surface area contributed by atoms with Crippen molar-refractivity contribution in [3.63, 3.8) is 0 Å². The van der Waals surface area contributed by atoms with Gasteiger partial charge in [-0.25, -0.2) is 0 Å². The molecular weight excluding hydrogens is 180 g/mol. The fourth-order valence-electron chi connectivity index (χ4n) is 0.667. The first-order valence-corrected chi connectivity index (χ1v) is 6.99. The predicted molar refractivity (Wildman–Crippen MR) is 44.9 cm³/mol. The number of rotatable bonds is 2. The van der Waals surface area contributed by atoms with Gasteiger partial charge in [0.05, 0.1) is 0 Å². The predicted octanol–water partition coefficient (Wildman–Crippen LogP) is 3.19. The molecule has 0 unspecified atom stereocenters. The molecule has 0 saturated carbocycles. The molecule has 0 heterocycles. The minimum Gasteiger partial charge on any atom is -0.128 e. The van der Waals surface area contributed by atoms with Crippen molar-refractivity contribution in [2.45, 2.75) is 38.8 Å². The second-order valence-electron chi connectivity index (χ2n) is 2.69. The zero-order valence-corrected chi connectivity index (χ0v) is 8.62. The lowest BCUT2D eigenvalue weighted by molar-refractivity contribution is 0.965. The maximum atomic E-state index is 3.71. The Morgan fingerprint density at radius 3 is 1.25 bits per heavy atom. The third kappa shape index (κ3) is 2.87. The highest BCUT2D eigenvalue weighted by atomic mass is 79.9. The van der Waals surface area contributed by atoms with E-state index in [2.05, 4.69) is 43.0 Å². The Balaban J connectivity index is 3.46. The van der Waals surface area contributed by atoms with E-state index >= 15 is 0 Å². The summed E-state index contributed by atoms with van der Waals surface area (Å²) < 4.78 is 0. The highest BCUT2D eigenvalue weighted by molar-refractivity contribution is 9.24. The second kappa shape index (κ2) is 3.67. The van der Waals surface area contributed by atoms with E-state index in [1.165, 1.54) is 0 Å². The number of halogens is 1. The van der Waals surface area contributed by atoms with Gasteiger partial charge in [0.1, 0.15) is 7.42 Å². The standard InChI is InChI=1S/C6H14BrSi/c1-5(2)8(7)6(3)4/h5-6H,1-4H3. The summed E-state index contributed by atoms with van der Waals surface area (Å²) in [5.74, 6) is 0. The molecule has 0 amide bonds. The molecule has 0 fully saturated rings. The summed E-state index contributed by atoms with van der Waals surface area (Å²) in [7, 11) is -0.211. The lowest BCUT2D eigenvalue weighted by Gasteiger charge is -2.13. The van der Waals surface area contributed by atoms with Crippen molar-refractivity contribution >= 4 is 22.7 Å². The van der Waals surface area contributed by atoms with Gasteiger partial charge in [-0.15, -0.1) is 15.3 Å². The Morgan fingerprint density at radius 1 is 1.00 bits per heavy atom. The quantitative estimate of drug-likeness (QED) is 0.467. The molecule has 0 aliphatic carbocycles. The summed E-state index contributed by atoms with van der Waals surface area (Å²) in [6.07, 6.45) is 0. The molecule has 0 aliphatic heterocycles. The fourth-order valence-corrected chi connectivity index (χ4v) is 2.00. The van der Waals surface area contributed by atoms with Crippen LogP contribution in [-0.4, -0.2) is 7.42 Å². The largest absolute Gasteiger partial charge is 0.140 e. The van der Waals surface area contributed by atoms with Crippen molar-refractivity contribution in [3.05, 3.63) is 0 Å². The summed E-state index contributed by atoms with van der Waals surface area (Å²) >= 11 is 3.71. The van der Waals surface area contributed by atoms with Crippen molar-refractivity contribution in [2.75, 3.05) is 0 Å². The molecule has 49 valence electrons. The number of hydrogen-bond donors (Lipinski definition) is 0. The van der Waals surface area contributed by atoms with E-state index in [1.807, 2.05) is 0 Å². The first-order chi connectivity index (χ1) is 3.55. The van der Waals surface area contributed by atoms with Gasteiger partial charge in [-0.2, -0.15) is 0 Å². The molecule has 0 saturated heterocycles. The molecule has 1 radical (unpaired) electrons. The van der Waals surface area contributed by atoms with Crippen LogP contribution in [0.4, 0.5) is 0 Å². The van der Waals surface area contributed by atoms with Gasteiger partial charge < -0.3 is 0 Å². The maximum Gasteiger partial charge on any atom is 0.140 e. The van der Waals surface area contributed by atoms with Crippen LogP contribution in [0.1, 0.15) is 27.7 Å². The lowest BCUT2D eigenvalue weighted by atomic mass is 10.5. The number of hydrogen-bond acceptors (Lipinski definition) is 0. The van der Waals surface area contributed by atoms with Crippen molar-refractivity contribution in [3.8, 4) is 0 Å². The average Bonchev–Trinajstić information content (AvgIpc) is 1.64. The first kappa shape index (κ1) is 8.70. The van der Waals surface area contributed by atoms with Crippen LogP contribution in [0.15, 0.2) is 0 Å². The van der Waals surface area contributed by atoms with Crippen molar-refractivity contribution < 1.29 is 0 Å². The normalized spacial score (nSPS) is 12.0. The smallest absolute Gasteiger partial charge is 0.128 e. The van der Waals surface area contributed by atoms with Crippen molar-refractivity contribution in [1.29, 1.82) is 0 Å². The van der Waals surface area contributed by atoms with Crippen LogP contribution < -0.4 is 0 Å². The third-order valence-electron chi connectivity index (χ3n) is 1.10. The Hall–Kier alpha value is 0.697. The maximum absolute atomic E-state index is 3.71. The van der Waals surface area contributed by atoms with Crippen LogP contribution in [0.3, 0.4) is 0 Å². The van der Waals surface area contributed by atoms with E-state index < -0.39 is 0 Å². The molecule has 0 aromatic carbocycles. The van der Waals surface area contributed by atoms with Crippen LogP contribution >= 0.6 is 15.3 Å². The molecule has 0 aromatic heterocycles. The molecule has 0 N–H and O–H groups in total. The van der Waals surface area contributed by atoms with Gasteiger partial charge >= 0.3 is 0 Å². The summed E-state index contributed by atoms with van der Waals surface area (Å²) in [5.41, 5.74) is 1.72. The van der Waals surface area contributed by atoms with E-state index in [4.69, 9.17) is 0 Å². The first-order valence-electron chi connectivity index (χ1n) is 3.08. The lowest BCUT2D eigenvalue weighted by Crippen LogP contribution is -2.11. The summed E-state index contributed by atoms with van der Waals surface area (Å²) in [4.78, 5) is 0. The van der Waals surface area contributed by atoms with Gasteiger partial charge in [-0.05, 0) is 11.1 Å². The minimum atomic E-state index is -0.211. The molecule has 2 heteroatoms. The van der Waals surface area contributed by atoms with Crippen LogP contribution in [0.2, 0.25) is 11.1 Å². The van der Waals surface area contributed by atoms with Crippen molar-refractivity contribution in [2.24, 2.45) is 0 Å². The molecule has 0 aromatic rings. The van der Waals surface area contributed by atoms with E-state index in [9.17, 15) is 0 Å². The molecule has 0 nitrogen and oxygen atoms in total. The molecule has 0 bridgehead atoms. The van der Waals surface area contributed by atoms with Crippen LogP contribution in [0, 0.1) is 0 Å². The monoisotopic (exact) mass is 193 g/mol. The van der Waals surface area contributed by atoms with Gasteiger partial charge in [0.2, 0.25) is 0 Å². The topological polar surface area (TPSA) is 0 Å². The molecule has 0 aliphatic rings. The molecule has 0 spiro atoms. The highest BCUT2D eigenvalue weighted by Gasteiger charge is 2.15. The highest BCUT2D eigenvalue weighted by Crippen LogP contribution is 2.24. The zero-order valence-electron chi connectivity index (χ0n) is 6.03. The Kier molecular flexibility index (Phi) is 3.99. The summed E-state index contributed by atoms with van der Waals surface area (Å²) in [6.45, 7) is 9.12. The van der Waals surface area contributed by atoms with Crippen LogP contribution in [-0.2, 0) is 0 Å². The van der Waals surface area contributed by atoms with Crippen LogP contribution in [0.5, 0.6) is 0 Å². The van der Waals surface area contributed by atoms with E-state index in [-0.39, 0.29) is 7.42 Å². The van der Waals surface area contributed by atoms with Gasteiger partial charge in [0, 0.05) is 0 Å². The van der Waals surface area contributed by atoms with Gasteiger partial charge in [0.15, 0.2) is 0 Å². The van der Waals surface area contributed by atoms with E-state index in [0.717, 1.165) is 11.1 Å². The average molecular weight is 194 g/mol. The zero-order chi connectivity index (χ0) is 6.73. The molecule has 0 atom stereocenters. The molecular formula is C6H14BrSi. The Morgan fingerprint density at radius 2 is 1.25 bits per heavy atom. The van der Waals surface area contributed by atoms with Gasteiger partial charge in [-0.3, -0.25) is 0 Å². The Bertz CT molecular complexity index is 53.5. The third-order valence-corrected chi connectivity index (χ3v) is 8.80. The van der Waals surface area contributed by atoms with Gasteiger partial charge in [0.25, 0.3) is 0 Å². The molecule has 8 heavy (non-hydrogen) atoms. The van der Waals surface area contributed by atoms with Crippen LogP contribution in [0.25, 0.3) is 0 Å². The van der Waals surface area contributed by atoms with E-state index in [0.29, 0.717) is 0 Å². The Labute approximate surface area is 61.9 Å². The fraction of sp³-hybridized carbons (Fsp3) is 1.00. The SMILES string of the molecule is CC(C)[Si](Br)C(C)C. The van der Waals surface area contributed by atoms with E-state index in [1.54, 1.807) is 0 Å². The van der Waals surface area contributed by atoms with Gasteiger partial charge in [-0.1, -0.05) is 27.7 Å². The summed E-state index contributed by atoms with van der Waals surface area (Å²) in [6, 6.07) is 0. The van der Waals surface area contributed by atoms with Crippen molar-refractivity contribution in [1.82, 2.24) is 0 Å². The molecule has 0 rings (SSSR count).